The smallest absolute Gasteiger partial charge is 0.312 e. The molecule has 0 fully saturated rings. The average Bonchev–Trinajstić information content (AvgIpc) is 2.30. The number of hydrogen-bond acceptors (Lipinski definition) is 2. The number of unbranched alkanes of at least 4 members (excludes halogenated alkanes) is 3. The van der Waals surface area contributed by atoms with E-state index in [0.29, 0.717) is 29.6 Å². The first-order valence-electron chi connectivity index (χ1n) is 7.28. The summed E-state index contributed by atoms with van der Waals surface area (Å²) in [5.74, 6) is -0.745. The van der Waals surface area contributed by atoms with E-state index in [1.54, 1.807) is 6.20 Å². The Hall–Kier alpha value is -1.03. The van der Waals surface area contributed by atoms with Crippen LogP contribution in [0, 0.1) is 5.92 Å². The molecule has 0 aliphatic carbocycles. The maximum absolute atomic E-state index is 11.0. The Kier molecular flexibility index (Phi) is 8.48. The largest absolute Gasteiger partial charge is 0.507 e. The van der Waals surface area contributed by atoms with Crippen molar-refractivity contribution in [3.63, 3.8) is 0 Å². The Morgan fingerprint density at radius 1 is 1.16 bits per heavy atom. The van der Waals surface area contributed by atoms with Crippen molar-refractivity contribution in [1.82, 2.24) is 0 Å². The van der Waals surface area contributed by atoms with Crippen LogP contribution in [-0.2, 0) is 4.79 Å². The van der Waals surface area contributed by atoms with Gasteiger partial charge in [0.1, 0.15) is 17.9 Å². The van der Waals surface area contributed by atoms with Crippen molar-refractivity contribution in [1.29, 1.82) is 0 Å². The van der Waals surface area contributed by atoms with Gasteiger partial charge in [0.25, 0.3) is 0 Å². The van der Waals surface area contributed by atoms with Gasteiger partial charge in [-0.2, -0.15) is 0 Å². The molecule has 112 valence electrons. The van der Waals surface area contributed by atoms with Crippen molar-refractivity contribution >= 4 is 5.97 Å². The minimum absolute atomic E-state index is 0.362. The van der Waals surface area contributed by atoms with Crippen LogP contribution in [0.2, 0.25) is 0 Å². The van der Waals surface area contributed by atoms with Gasteiger partial charge < -0.3 is 10.2 Å². The first kappa shape index (κ1) is 18.0. The molecule has 0 saturated heterocycles. The number of carbonyl (C=O) groups is 1. The summed E-state index contributed by atoms with van der Waals surface area (Å²) in [4.78, 5) is 11.0. The summed E-state index contributed by atoms with van der Waals surface area (Å²) < 4.78 is 0.407. The Bertz CT molecular complexity index is 298. The van der Waals surface area contributed by atoms with Crippen molar-refractivity contribution < 1.29 is 19.5 Å². The van der Waals surface area contributed by atoms with Crippen molar-refractivity contribution in [2.75, 3.05) is 20.6 Å². The van der Waals surface area contributed by atoms with E-state index >= 15 is 0 Å². The van der Waals surface area contributed by atoms with Crippen LogP contribution in [0.25, 0.3) is 0 Å². The Labute approximate surface area is 117 Å². The number of aliphatic hydroxyl groups excluding tert-OH is 1. The van der Waals surface area contributed by atoms with E-state index in [4.69, 9.17) is 5.11 Å². The molecule has 19 heavy (non-hydrogen) atoms. The molecule has 4 nitrogen and oxygen atoms in total. The number of aliphatic hydroxyl groups is 1. The first-order chi connectivity index (χ1) is 8.82. The minimum atomic E-state index is -0.760. The van der Waals surface area contributed by atoms with E-state index in [9.17, 15) is 9.90 Å². The van der Waals surface area contributed by atoms with Gasteiger partial charge >= 0.3 is 5.97 Å². The van der Waals surface area contributed by atoms with E-state index in [-0.39, 0.29) is 5.92 Å². The molecule has 0 aromatic heterocycles. The maximum atomic E-state index is 11.0. The van der Waals surface area contributed by atoms with Gasteiger partial charge in [0.15, 0.2) is 0 Å². The van der Waals surface area contributed by atoms with E-state index in [0.717, 1.165) is 12.8 Å². The lowest BCUT2D eigenvalue weighted by Gasteiger charge is -2.28. The quantitative estimate of drug-likeness (QED) is 0.363. The van der Waals surface area contributed by atoms with Crippen LogP contribution in [0.5, 0.6) is 0 Å². The predicted octanol–water partition coefficient (Wildman–Crippen LogP) is 3.54. The highest BCUT2D eigenvalue weighted by molar-refractivity contribution is 5.69. The average molecular weight is 272 g/mol. The summed E-state index contributed by atoms with van der Waals surface area (Å²) in [6, 6.07) is 0. The van der Waals surface area contributed by atoms with E-state index in [1.807, 2.05) is 21.0 Å². The number of carboxylic acid groups (broad SMARTS) is 1. The number of quaternary nitrogens is 1. The fourth-order valence-corrected chi connectivity index (χ4v) is 2.20. The highest BCUT2D eigenvalue weighted by Gasteiger charge is 2.25. The summed E-state index contributed by atoms with van der Waals surface area (Å²) in [6.45, 7) is 4.55. The topological polar surface area (TPSA) is 57.5 Å². The molecule has 4 heteroatoms. The van der Waals surface area contributed by atoms with Gasteiger partial charge in [-0.25, -0.2) is 0 Å². The van der Waals surface area contributed by atoms with Crippen LogP contribution in [0.1, 0.15) is 52.4 Å². The normalized spacial score (nSPS) is 14.4. The molecule has 0 bridgehead atoms. The lowest BCUT2D eigenvalue weighted by molar-refractivity contribution is -0.842. The fourth-order valence-electron chi connectivity index (χ4n) is 2.20. The van der Waals surface area contributed by atoms with Crippen LogP contribution < -0.4 is 0 Å². The second kappa shape index (κ2) is 8.97. The van der Waals surface area contributed by atoms with Crippen LogP contribution in [-0.4, -0.2) is 41.3 Å². The first-order valence-corrected chi connectivity index (χ1v) is 7.28. The molecule has 0 aliphatic rings. The maximum Gasteiger partial charge on any atom is 0.312 e. The zero-order valence-electron chi connectivity index (χ0n) is 12.9. The number of hydrogen-bond donors (Lipinski definition) is 2. The molecule has 2 N–H and O–H groups in total. The molecule has 0 heterocycles. The molecule has 0 radical (unpaired) electrons. The second-order valence-corrected chi connectivity index (χ2v) is 5.84. The van der Waals surface area contributed by atoms with Crippen LogP contribution in [0.3, 0.4) is 0 Å². The number of aliphatic carboxylic acids is 1. The summed E-state index contributed by atoms with van der Waals surface area (Å²) in [5, 5.41) is 19.0. The standard InChI is InChI=1S/C15H29NO3/c1-5-7-8-9-10-14(17)12-16(3,4)11-13(6-2)15(18)19/h12-13H,5-11H2,1-4H3,(H-,17,18,19)/p+1/b14-12-. The SMILES string of the molecule is CCCCCC/C(O)=C/[N+](C)(C)CC(CC)C(=O)O. The third-order valence-electron chi connectivity index (χ3n) is 3.32. The molecular formula is C15H30NO3+. The van der Waals surface area contributed by atoms with E-state index in [2.05, 4.69) is 6.92 Å². The van der Waals surface area contributed by atoms with E-state index < -0.39 is 5.97 Å². The second-order valence-electron chi connectivity index (χ2n) is 5.84. The zero-order valence-corrected chi connectivity index (χ0v) is 12.9. The van der Waals surface area contributed by atoms with Gasteiger partial charge in [-0.3, -0.25) is 9.28 Å². The number of rotatable bonds is 10. The third-order valence-corrected chi connectivity index (χ3v) is 3.32. The Morgan fingerprint density at radius 3 is 2.26 bits per heavy atom. The number of carboxylic acids is 1. The summed E-state index contributed by atoms with van der Waals surface area (Å²) >= 11 is 0. The van der Waals surface area contributed by atoms with Crippen molar-refractivity contribution in [2.45, 2.75) is 52.4 Å². The molecule has 0 rings (SSSR count). The predicted molar refractivity (Wildman–Crippen MR) is 77.9 cm³/mol. The molecule has 1 atom stereocenters. The minimum Gasteiger partial charge on any atom is -0.507 e. The lowest BCUT2D eigenvalue weighted by atomic mass is 10.1. The number of allylic oxidation sites excluding steroid dienone is 1. The highest BCUT2D eigenvalue weighted by atomic mass is 16.4. The third kappa shape index (κ3) is 8.65. The summed E-state index contributed by atoms with van der Waals surface area (Å²) in [6.07, 6.45) is 7.58. The Morgan fingerprint density at radius 2 is 1.79 bits per heavy atom. The fraction of sp³-hybridized carbons (Fsp3) is 0.800. The molecule has 0 amide bonds. The van der Waals surface area contributed by atoms with Crippen molar-refractivity contribution in [3.8, 4) is 0 Å². The van der Waals surface area contributed by atoms with Crippen molar-refractivity contribution in [3.05, 3.63) is 12.0 Å². The molecule has 1 unspecified atom stereocenters. The van der Waals surface area contributed by atoms with Gasteiger partial charge in [0.2, 0.25) is 0 Å². The van der Waals surface area contributed by atoms with Crippen molar-refractivity contribution in [2.24, 2.45) is 5.92 Å². The Balaban J connectivity index is 4.34. The van der Waals surface area contributed by atoms with Gasteiger partial charge in [-0.1, -0.05) is 33.1 Å². The van der Waals surface area contributed by atoms with Crippen LogP contribution >= 0.6 is 0 Å². The molecule has 0 aliphatic heterocycles. The molecule has 0 aromatic carbocycles. The van der Waals surface area contributed by atoms with E-state index in [1.165, 1.54) is 12.8 Å². The van der Waals surface area contributed by atoms with Crippen LogP contribution in [0.4, 0.5) is 0 Å². The van der Waals surface area contributed by atoms with Gasteiger partial charge in [0.05, 0.1) is 20.6 Å². The zero-order chi connectivity index (χ0) is 14.9. The molecular weight excluding hydrogens is 242 g/mol. The summed E-state index contributed by atoms with van der Waals surface area (Å²) in [5.41, 5.74) is 0. The lowest BCUT2D eigenvalue weighted by Crippen LogP contribution is -2.40. The van der Waals surface area contributed by atoms with Gasteiger partial charge in [0, 0.05) is 6.42 Å². The van der Waals surface area contributed by atoms with Crippen LogP contribution in [0.15, 0.2) is 12.0 Å². The molecule has 0 spiro atoms. The molecule has 0 saturated carbocycles. The summed E-state index contributed by atoms with van der Waals surface area (Å²) in [7, 11) is 3.85. The highest BCUT2D eigenvalue weighted by Crippen LogP contribution is 2.15. The van der Waals surface area contributed by atoms with Gasteiger partial charge in [-0.15, -0.1) is 0 Å². The monoisotopic (exact) mass is 272 g/mol. The molecule has 0 aromatic rings. The number of nitrogens with zero attached hydrogens (tertiary/aromatic N) is 1. The van der Waals surface area contributed by atoms with Gasteiger partial charge in [-0.05, 0) is 12.8 Å².